The van der Waals surface area contributed by atoms with Gasteiger partial charge in [-0.05, 0) is 89.4 Å². The Morgan fingerprint density at radius 1 is 0.923 bits per heavy atom. The summed E-state index contributed by atoms with van der Waals surface area (Å²) in [5, 5.41) is 8.44. The van der Waals surface area contributed by atoms with Crippen LogP contribution >= 0.6 is 0 Å². The first kappa shape index (κ1) is 35.0. The maximum atomic E-state index is 14.3. The molecule has 274 valence electrons. The van der Waals surface area contributed by atoms with Gasteiger partial charge in [0.25, 0.3) is 5.88 Å². The second-order valence-electron chi connectivity index (χ2n) is 15.1. The highest BCUT2D eigenvalue weighted by Crippen LogP contribution is 2.67. The number of benzene rings is 2. The topological polar surface area (TPSA) is 159 Å². The Kier molecular flexibility index (Phi) is 8.51. The Bertz CT molecular complexity index is 2080. The number of ether oxygens (including phenoxy) is 5. The molecule has 3 aliphatic rings. The SMILES string of the molecule is COc1ccc2c(c1)[C@]1(C[C@H]1c1ccc3c(Nc4ncc(N5CCOCC5)nc4OC)nn(C(=O)OC(C)(C)C)c3c1)C(=O)N2C(=O)OC(C)(C)C. The summed E-state index contributed by atoms with van der Waals surface area (Å²) < 4.78 is 29.2. The van der Waals surface area contributed by atoms with E-state index < -0.39 is 28.8 Å². The predicted molar refractivity (Wildman–Crippen MR) is 192 cm³/mol. The van der Waals surface area contributed by atoms with E-state index in [1.807, 2.05) is 24.3 Å². The van der Waals surface area contributed by atoms with Crippen molar-refractivity contribution >= 4 is 52.1 Å². The molecule has 2 aromatic carbocycles. The fraction of sp³-hybridized carbons (Fsp3) is 0.459. The number of morpholine rings is 1. The molecule has 2 atom stereocenters. The number of nitrogens with zero attached hydrogens (tertiary/aromatic N) is 6. The summed E-state index contributed by atoms with van der Waals surface area (Å²) in [6.45, 7) is 13.2. The minimum atomic E-state index is -1.03. The Morgan fingerprint density at radius 3 is 2.31 bits per heavy atom. The molecule has 2 amide bonds. The fourth-order valence-electron chi connectivity index (χ4n) is 6.84. The molecule has 4 heterocycles. The predicted octanol–water partition coefficient (Wildman–Crippen LogP) is 5.91. The van der Waals surface area contributed by atoms with E-state index >= 15 is 0 Å². The molecule has 4 aromatic rings. The number of rotatable bonds is 6. The molecule has 1 saturated heterocycles. The van der Waals surface area contributed by atoms with Gasteiger partial charge in [0.05, 0.1) is 50.2 Å². The highest BCUT2D eigenvalue weighted by Gasteiger charge is 2.68. The summed E-state index contributed by atoms with van der Waals surface area (Å²) in [6, 6.07) is 10.8. The molecule has 15 heteroatoms. The maximum Gasteiger partial charge on any atom is 0.435 e. The van der Waals surface area contributed by atoms with Crippen LogP contribution in [-0.2, 0) is 24.4 Å². The van der Waals surface area contributed by atoms with Crippen molar-refractivity contribution in [2.24, 2.45) is 0 Å². The zero-order chi connectivity index (χ0) is 37.2. The average molecular weight is 714 g/mol. The molecular weight excluding hydrogens is 670 g/mol. The largest absolute Gasteiger partial charge is 0.497 e. The van der Waals surface area contributed by atoms with Gasteiger partial charge < -0.3 is 33.9 Å². The van der Waals surface area contributed by atoms with Gasteiger partial charge in [-0.25, -0.2) is 19.5 Å². The highest BCUT2D eigenvalue weighted by atomic mass is 16.6. The van der Waals surface area contributed by atoms with Crippen molar-refractivity contribution in [2.75, 3.05) is 55.6 Å². The van der Waals surface area contributed by atoms with E-state index in [9.17, 15) is 14.4 Å². The third-order valence-corrected chi connectivity index (χ3v) is 9.21. The lowest BCUT2D eigenvalue weighted by atomic mass is 9.91. The summed E-state index contributed by atoms with van der Waals surface area (Å²) in [5.41, 5.74) is -0.254. The van der Waals surface area contributed by atoms with Crippen molar-refractivity contribution in [2.45, 2.75) is 70.5 Å². The van der Waals surface area contributed by atoms with Crippen molar-refractivity contribution < 1.29 is 38.1 Å². The van der Waals surface area contributed by atoms with Crippen LogP contribution in [0, 0.1) is 0 Å². The molecule has 7 rings (SSSR count). The third-order valence-electron chi connectivity index (χ3n) is 9.21. The van der Waals surface area contributed by atoms with Crippen LogP contribution in [-0.4, -0.2) is 89.6 Å². The van der Waals surface area contributed by atoms with Crippen LogP contribution in [0.2, 0.25) is 0 Å². The van der Waals surface area contributed by atoms with E-state index in [0.717, 1.165) is 10.5 Å². The average Bonchev–Trinajstić information content (AvgIpc) is 3.68. The number of hydrogen-bond donors (Lipinski definition) is 1. The molecule has 2 aromatic heterocycles. The molecule has 52 heavy (non-hydrogen) atoms. The lowest BCUT2D eigenvalue weighted by Crippen LogP contribution is -2.41. The van der Waals surface area contributed by atoms with Gasteiger partial charge in [0.15, 0.2) is 17.5 Å². The summed E-state index contributed by atoms with van der Waals surface area (Å²) in [7, 11) is 3.06. The number of aromatic nitrogens is 4. The molecule has 0 bridgehead atoms. The lowest BCUT2D eigenvalue weighted by molar-refractivity contribution is -0.120. The van der Waals surface area contributed by atoms with Gasteiger partial charge in [-0.3, -0.25) is 4.79 Å². The van der Waals surface area contributed by atoms with Crippen LogP contribution in [0.15, 0.2) is 42.6 Å². The van der Waals surface area contributed by atoms with Crippen molar-refractivity contribution in [1.82, 2.24) is 19.7 Å². The lowest BCUT2D eigenvalue weighted by Gasteiger charge is -2.27. The number of anilines is 4. The zero-order valence-electron chi connectivity index (χ0n) is 30.6. The number of methoxy groups -OCH3 is 2. The molecule has 2 fully saturated rings. The Balaban J connectivity index is 1.27. The smallest absolute Gasteiger partial charge is 0.435 e. The van der Waals surface area contributed by atoms with Crippen LogP contribution in [0.25, 0.3) is 10.9 Å². The van der Waals surface area contributed by atoms with Gasteiger partial charge in [-0.1, -0.05) is 6.07 Å². The van der Waals surface area contributed by atoms with Gasteiger partial charge in [0.2, 0.25) is 5.91 Å². The molecule has 0 unspecified atom stereocenters. The van der Waals surface area contributed by atoms with E-state index in [1.54, 1.807) is 67.0 Å². The van der Waals surface area contributed by atoms with Gasteiger partial charge in [0.1, 0.15) is 17.0 Å². The van der Waals surface area contributed by atoms with E-state index in [1.165, 1.54) is 11.8 Å². The molecular formula is C37H43N7O8. The molecule has 15 nitrogen and oxygen atoms in total. The van der Waals surface area contributed by atoms with Gasteiger partial charge >= 0.3 is 12.2 Å². The number of hydrogen-bond acceptors (Lipinski definition) is 13. The van der Waals surface area contributed by atoms with E-state index in [-0.39, 0.29) is 17.7 Å². The first-order valence-electron chi connectivity index (χ1n) is 17.2. The van der Waals surface area contributed by atoms with Gasteiger partial charge in [-0.2, -0.15) is 9.67 Å². The summed E-state index contributed by atoms with van der Waals surface area (Å²) in [4.78, 5) is 53.8. The van der Waals surface area contributed by atoms with Crippen molar-refractivity contribution in [3.8, 4) is 11.6 Å². The first-order chi connectivity index (χ1) is 24.6. The van der Waals surface area contributed by atoms with Crippen LogP contribution in [0.1, 0.15) is 65.0 Å². The van der Waals surface area contributed by atoms with Crippen LogP contribution < -0.4 is 24.6 Å². The second kappa shape index (κ2) is 12.7. The highest BCUT2D eigenvalue weighted by molar-refractivity contribution is 6.23. The minimum absolute atomic E-state index is 0.254. The number of amides is 2. The molecule has 1 saturated carbocycles. The van der Waals surface area contributed by atoms with Crippen LogP contribution in [0.5, 0.6) is 11.6 Å². The summed E-state index contributed by atoms with van der Waals surface area (Å²) >= 11 is 0. The number of nitrogens with one attached hydrogen (secondary N) is 1. The number of carbonyl (C=O) groups excluding carboxylic acids is 3. The van der Waals surface area contributed by atoms with Crippen molar-refractivity contribution in [3.05, 3.63) is 53.7 Å². The Labute approximate surface area is 301 Å². The van der Waals surface area contributed by atoms with E-state index in [2.05, 4.69) is 25.3 Å². The Hall–Kier alpha value is -5.44. The first-order valence-corrected chi connectivity index (χ1v) is 17.2. The molecule has 1 aliphatic carbocycles. The molecule has 0 radical (unpaired) electrons. The number of fused-ring (bicyclic) bond motifs is 3. The van der Waals surface area contributed by atoms with Crippen LogP contribution in [0.3, 0.4) is 0 Å². The van der Waals surface area contributed by atoms with Crippen molar-refractivity contribution in [3.63, 3.8) is 0 Å². The number of carbonyl (C=O) groups is 3. The Morgan fingerprint density at radius 2 is 1.63 bits per heavy atom. The van der Waals surface area contributed by atoms with Gasteiger partial charge in [0, 0.05) is 24.4 Å². The molecule has 1 spiro atoms. The normalized spacial score (nSPS) is 19.8. The summed E-state index contributed by atoms with van der Waals surface area (Å²) in [6.07, 6.45) is 0.666. The molecule has 2 aliphatic heterocycles. The van der Waals surface area contributed by atoms with E-state index in [0.29, 0.717) is 78.1 Å². The minimum Gasteiger partial charge on any atom is -0.497 e. The standard InChI is InChI=1S/C37H43N7O8/c1-35(2,3)51-33(46)43-26-12-10-22(48-7)18-24(26)37(32(43)45)19-25(37)21-9-11-23-27(17-21)44(34(47)52-36(4,5)6)41-29(23)40-30-31(49-8)39-28(20-38-30)42-13-15-50-16-14-42/h9-12,17-18,20,25H,13-16,19H2,1-8H3,(H,38,40,41)/t25-,37-/m0/s1. The zero-order valence-corrected chi connectivity index (χ0v) is 30.6. The van der Waals surface area contributed by atoms with E-state index in [4.69, 9.17) is 23.7 Å². The third kappa shape index (κ3) is 6.22. The second-order valence-corrected chi connectivity index (χ2v) is 15.1. The maximum absolute atomic E-state index is 14.3. The van der Waals surface area contributed by atoms with Crippen LogP contribution in [0.4, 0.5) is 32.7 Å². The van der Waals surface area contributed by atoms with Crippen molar-refractivity contribution in [1.29, 1.82) is 0 Å². The van der Waals surface area contributed by atoms with Gasteiger partial charge in [-0.15, -0.1) is 5.10 Å². The monoisotopic (exact) mass is 713 g/mol. The molecule has 1 N–H and O–H groups in total. The number of imide groups is 1. The summed E-state index contributed by atoms with van der Waals surface area (Å²) in [5.74, 6) is 1.42. The quantitative estimate of drug-likeness (QED) is 0.251. The fourth-order valence-corrected chi connectivity index (χ4v) is 6.84.